The first-order valence-corrected chi connectivity index (χ1v) is 5.37. The molecule has 0 fully saturated rings. The molecule has 2 heteroatoms. The highest BCUT2D eigenvalue weighted by atomic mass is 16.5. The standard InChI is InChI=1S/C13H18O2/c1-5-11-7-9(3)12(10(4)8-11)13(14)15-6-2/h7-8H,5-6H2,1-4H3. The second-order valence-electron chi connectivity index (χ2n) is 3.68. The van der Waals surface area contributed by atoms with Gasteiger partial charge in [0.05, 0.1) is 12.2 Å². The van der Waals surface area contributed by atoms with Crippen molar-refractivity contribution in [2.45, 2.75) is 34.1 Å². The van der Waals surface area contributed by atoms with Crippen LogP contribution in [-0.4, -0.2) is 12.6 Å². The molecular formula is C13H18O2. The lowest BCUT2D eigenvalue weighted by molar-refractivity contribution is 0.0524. The van der Waals surface area contributed by atoms with Crippen LogP contribution in [0.1, 0.15) is 40.9 Å². The largest absolute Gasteiger partial charge is 0.462 e. The number of carbonyl (C=O) groups is 1. The zero-order chi connectivity index (χ0) is 11.4. The molecule has 0 aromatic heterocycles. The molecular weight excluding hydrogens is 188 g/mol. The molecule has 1 aromatic rings. The molecule has 0 amide bonds. The minimum Gasteiger partial charge on any atom is -0.462 e. The summed E-state index contributed by atoms with van der Waals surface area (Å²) in [4.78, 5) is 11.7. The quantitative estimate of drug-likeness (QED) is 0.710. The number of hydrogen-bond donors (Lipinski definition) is 0. The molecule has 0 N–H and O–H groups in total. The summed E-state index contributed by atoms with van der Waals surface area (Å²) < 4.78 is 5.02. The van der Waals surface area contributed by atoms with E-state index in [9.17, 15) is 4.79 Å². The van der Waals surface area contributed by atoms with Crippen molar-refractivity contribution in [1.29, 1.82) is 0 Å². The smallest absolute Gasteiger partial charge is 0.338 e. The van der Waals surface area contributed by atoms with Crippen molar-refractivity contribution >= 4 is 5.97 Å². The maximum absolute atomic E-state index is 11.7. The molecule has 1 aromatic carbocycles. The average Bonchev–Trinajstić information content (AvgIpc) is 2.16. The number of aryl methyl sites for hydroxylation is 3. The molecule has 82 valence electrons. The Morgan fingerprint density at radius 1 is 1.20 bits per heavy atom. The van der Waals surface area contributed by atoms with Gasteiger partial charge in [0.15, 0.2) is 0 Å². The van der Waals surface area contributed by atoms with Gasteiger partial charge in [0.2, 0.25) is 0 Å². The van der Waals surface area contributed by atoms with Crippen molar-refractivity contribution in [1.82, 2.24) is 0 Å². The van der Waals surface area contributed by atoms with Crippen LogP contribution in [0.15, 0.2) is 12.1 Å². The molecule has 15 heavy (non-hydrogen) atoms. The van der Waals surface area contributed by atoms with Crippen LogP contribution in [0.25, 0.3) is 0 Å². The van der Waals surface area contributed by atoms with Gasteiger partial charge in [0.1, 0.15) is 0 Å². The van der Waals surface area contributed by atoms with E-state index in [-0.39, 0.29) is 5.97 Å². The first-order chi connectivity index (χ1) is 7.10. The van der Waals surface area contributed by atoms with Gasteiger partial charge in [0.25, 0.3) is 0 Å². The molecule has 0 spiro atoms. The van der Waals surface area contributed by atoms with Crippen molar-refractivity contribution in [3.63, 3.8) is 0 Å². The summed E-state index contributed by atoms with van der Waals surface area (Å²) in [6, 6.07) is 4.11. The topological polar surface area (TPSA) is 26.3 Å². The fourth-order valence-electron chi connectivity index (χ4n) is 1.78. The van der Waals surface area contributed by atoms with E-state index in [2.05, 4.69) is 19.1 Å². The Balaban J connectivity index is 3.13. The Morgan fingerprint density at radius 2 is 1.73 bits per heavy atom. The van der Waals surface area contributed by atoms with Gasteiger partial charge in [-0.1, -0.05) is 19.1 Å². The third-order valence-corrected chi connectivity index (χ3v) is 2.48. The lowest BCUT2D eigenvalue weighted by atomic mass is 9.98. The molecule has 1 rings (SSSR count). The molecule has 0 aliphatic rings. The Bertz CT molecular complexity index is 344. The van der Waals surface area contributed by atoms with Crippen LogP contribution in [0.3, 0.4) is 0 Å². The Morgan fingerprint density at radius 3 is 2.13 bits per heavy atom. The van der Waals surface area contributed by atoms with E-state index in [0.29, 0.717) is 12.2 Å². The van der Waals surface area contributed by atoms with Crippen LogP contribution in [-0.2, 0) is 11.2 Å². The summed E-state index contributed by atoms with van der Waals surface area (Å²) in [5, 5.41) is 0. The highest BCUT2D eigenvalue weighted by Gasteiger charge is 2.13. The van der Waals surface area contributed by atoms with Crippen molar-refractivity contribution in [2.75, 3.05) is 6.61 Å². The van der Waals surface area contributed by atoms with E-state index in [0.717, 1.165) is 17.5 Å². The number of rotatable bonds is 3. The normalized spacial score (nSPS) is 10.1. The van der Waals surface area contributed by atoms with Crippen LogP contribution in [0.2, 0.25) is 0 Å². The summed E-state index contributed by atoms with van der Waals surface area (Å²) >= 11 is 0. The molecule has 0 bridgehead atoms. The molecule has 2 nitrogen and oxygen atoms in total. The highest BCUT2D eigenvalue weighted by Crippen LogP contribution is 2.18. The highest BCUT2D eigenvalue weighted by molar-refractivity contribution is 5.92. The zero-order valence-electron chi connectivity index (χ0n) is 9.89. The van der Waals surface area contributed by atoms with Crippen LogP contribution in [0.4, 0.5) is 0 Å². The van der Waals surface area contributed by atoms with E-state index < -0.39 is 0 Å². The maximum atomic E-state index is 11.7. The first kappa shape index (κ1) is 11.8. The van der Waals surface area contributed by atoms with Gasteiger partial charge in [-0.25, -0.2) is 4.79 Å². The van der Waals surface area contributed by atoms with Gasteiger partial charge in [-0.15, -0.1) is 0 Å². The monoisotopic (exact) mass is 206 g/mol. The number of ether oxygens (including phenoxy) is 1. The van der Waals surface area contributed by atoms with E-state index in [4.69, 9.17) is 4.74 Å². The number of benzene rings is 1. The van der Waals surface area contributed by atoms with Gasteiger partial charge >= 0.3 is 5.97 Å². The molecule has 0 unspecified atom stereocenters. The molecule has 0 atom stereocenters. The lowest BCUT2D eigenvalue weighted by Crippen LogP contribution is -2.09. The summed E-state index contributed by atoms with van der Waals surface area (Å²) in [5.74, 6) is -0.213. The van der Waals surface area contributed by atoms with E-state index in [1.54, 1.807) is 0 Å². The van der Waals surface area contributed by atoms with Gasteiger partial charge in [0, 0.05) is 0 Å². The third-order valence-electron chi connectivity index (χ3n) is 2.48. The molecule has 0 aliphatic carbocycles. The van der Waals surface area contributed by atoms with Crippen LogP contribution in [0.5, 0.6) is 0 Å². The summed E-state index contributed by atoms with van der Waals surface area (Å²) in [6.45, 7) is 8.27. The first-order valence-electron chi connectivity index (χ1n) is 5.37. The summed E-state index contributed by atoms with van der Waals surface area (Å²) in [7, 11) is 0. The molecule has 0 saturated carbocycles. The zero-order valence-corrected chi connectivity index (χ0v) is 9.89. The minimum absolute atomic E-state index is 0.213. The van der Waals surface area contributed by atoms with Crippen LogP contribution in [0, 0.1) is 13.8 Å². The molecule has 0 aliphatic heterocycles. The molecule has 0 radical (unpaired) electrons. The number of carbonyl (C=O) groups excluding carboxylic acids is 1. The van der Waals surface area contributed by atoms with E-state index in [1.165, 1.54) is 5.56 Å². The fourth-order valence-corrected chi connectivity index (χ4v) is 1.78. The third kappa shape index (κ3) is 2.58. The van der Waals surface area contributed by atoms with Crippen LogP contribution < -0.4 is 0 Å². The van der Waals surface area contributed by atoms with Crippen molar-refractivity contribution in [3.05, 3.63) is 34.4 Å². The Labute approximate surface area is 91.3 Å². The predicted molar refractivity (Wildman–Crippen MR) is 61.3 cm³/mol. The van der Waals surface area contributed by atoms with Crippen molar-refractivity contribution in [3.8, 4) is 0 Å². The van der Waals surface area contributed by atoms with E-state index >= 15 is 0 Å². The Kier molecular flexibility index (Phi) is 3.89. The van der Waals surface area contributed by atoms with Gasteiger partial charge < -0.3 is 4.74 Å². The maximum Gasteiger partial charge on any atom is 0.338 e. The van der Waals surface area contributed by atoms with Crippen molar-refractivity contribution in [2.24, 2.45) is 0 Å². The van der Waals surface area contributed by atoms with Gasteiger partial charge in [-0.05, 0) is 43.9 Å². The number of esters is 1. The predicted octanol–water partition coefficient (Wildman–Crippen LogP) is 3.04. The molecule has 0 heterocycles. The Hall–Kier alpha value is -1.31. The molecule has 0 saturated heterocycles. The second-order valence-corrected chi connectivity index (χ2v) is 3.68. The fraction of sp³-hybridized carbons (Fsp3) is 0.462. The van der Waals surface area contributed by atoms with Crippen LogP contribution >= 0.6 is 0 Å². The van der Waals surface area contributed by atoms with E-state index in [1.807, 2.05) is 20.8 Å². The van der Waals surface area contributed by atoms with Gasteiger partial charge in [-0.3, -0.25) is 0 Å². The second kappa shape index (κ2) is 4.96. The summed E-state index contributed by atoms with van der Waals surface area (Å²) in [5.41, 5.74) is 3.99. The van der Waals surface area contributed by atoms with Crippen molar-refractivity contribution < 1.29 is 9.53 Å². The summed E-state index contributed by atoms with van der Waals surface area (Å²) in [6.07, 6.45) is 0.991. The SMILES string of the molecule is CCOC(=O)c1c(C)cc(CC)cc1C. The minimum atomic E-state index is -0.213. The lowest BCUT2D eigenvalue weighted by Gasteiger charge is -2.10. The number of hydrogen-bond acceptors (Lipinski definition) is 2. The average molecular weight is 206 g/mol. The van der Waals surface area contributed by atoms with Gasteiger partial charge in [-0.2, -0.15) is 0 Å².